The number of aryl methyl sites for hydroxylation is 1. The van der Waals surface area contributed by atoms with Gasteiger partial charge in [-0.05, 0) is 31.9 Å². The SMILES string of the molecule is Cc1[nH]ncc1CNC(=O)NC1CCN(C(=O)c2ccco2)CC1. The highest BCUT2D eigenvalue weighted by Crippen LogP contribution is 2.14. The average Bonchev–Trinajstić information content (AvgIpc) is 3.25. The van der Waals surface area contributed by atoms with Crippen molar-refractivity contribution in [2.24, 2.45) is 0 Å². The topological polar surface area (TPSA) is 103 Å². The van der Waals surface area contributed by atoms with Gasteiger partial charge in [0, 0.05) is 36.9 Å². The van der Waals surface area contributed by atoms with Crippen LogP contribution in [0.3, 0.4) is 0 Å². The van der Waals surface area contributed by atoms with Crippen LogP contribution in [0.1, 0.15) is 34.7 Å². The maximum absolute atomic E-state index is 12.2. The molecule has 0 radical (unpaired) electrons. The molecule has 3 heterocycles. The van der Waals surface area contributed by atoms with Crippen molar-refractivity contribution in [2.45, 2.75) is 32.4 Å². The Kier molecular flexibility index (Phi) is 4.83. The lowest BCUT2D eigenvalue weighted by Gasteiger charge is -2.31. The number of furan rings is 1. The third kappa shape index (κ3) is 3.76. The molecule has 128 valence electrons. The van der Waals surface area contributed by atoms with Gasteiger partial charge >= 0.3 is 6.03 Å². The standard InChI is InChI=1S/C16H21N5O3/c1-11-12(10-18-20-11)9-17-16(23)19-13-4-6-21(7-5-13)15(22)14-3-2-8-24-14/h2-3,8,10,13H,4-7,9H2,1H3,(H,18,20)(H2,17,19,23). The molecule has 2 aromatic rings. The molecule has 0 spiro atoms. The number of hydrogen-bond acceptors (Lipinski definition) is 4. The van der Waals surface area contributed by atoms with Gasteiger partial charge in [-0.2, -0.15) is 5.10 Å². The lowest BCUT2D eigenvalue weighted by atomic mass is 10.0. The van der Waals surface area contributed by atoms with Crippen molar-refractivity contribution in [2.75, 3.05) is 13.1 Å². The first-order valence-electron chi connectivity index (χ1n) is 7.99. The van der Waals surface area contributed by atoms with E-state index in [9.17, 15) is 9.59 Å². The third-order valence-electron chi connectivity index (χ3n) is 4.22. The summed E-state index contributed by atoms with van der Waals surface area (Å²) in [5.41, 5.74) is 1.91. The monoisotopic (exact) mass is 331 g/mol. The van der Waals surface area contributed by atoms with Crippen LogP contribution in [0.4, 0.5) is 4.79 Å². The van der Waals surface area contributed by atoms with E-state index in [-0.39, 0.29) is 18.0 Å². The molecule has 3 amide bonds. The summed E-state index contributed by atoms with van der Waals surface area (Å²) < 4.78 is 5.14. The molecule has 1 saturated heterocycles. The highest BCUT2D eigenvalue weighted by molar-refractivity contribution is 5.91. The Morgan fingerprint density at radius 2 is 2.21 bits per heavy atom. The fourth-order valence-electron chi connectivity index (χ4n) is 2.75. The molecule has 1 aliphatic rings. The Bertz CT molecular complexity index is 686. The first-order valence-corrected chi connectivity index (χ1v) is 7.99. The molecule has 0 bridgehead atoms. The maximum atomic E-state index is 12.2. The average molecular weight is 331 g/mol. The number of aromatic amines is 1. The largest absolute Gasteiger partial charge is 0.459 e. The summed E-state index contributed by atoms with van der Waals surface area (Å²) >= 11 is 0. The number of H-pyrrole nitrogens is 1. The van der Waals surface area contributed by atoms with E-state index in [4.69, 9.17) is 4.42 Å². The van der Waals surface area contributed by atoms with Crippen molar-refractivity contribution in [3.8, 4) is 0 Å². The highest BCUT2D eigenvalue weighted by Gasteiger charge is 2.25. The second-order valence-electron chi connectivity index (χ2n) is 5.89. The lowest BCUT2D eigenvalue weighted by Crippen LogP contribution is -2.49. The molecule has 1 fully saturated rings. The summed E-state index contributed by atoms with van der Waals surface area (Å²) in [5.74, 6) is 0.257. The van der Waals surface area contributed by atoms with Gasteiger partial charge in [-0.1, -0.05) is 0 Å². The summed E-state index contributed by atoms with van der Waals surface area (Å²) in [7, 11) is 0. The Labute approximate surface area is 139 Å². The van der Waals surface area contributed by atoms with Crippen LogP contribution in [-0.4, -0.2) is 46.2 Å². The van der Waals surface area contributed by atoms with E-state index in [0.717, 1.165) is 24.1 Å². The Hall–Kier alpha value is -2.77. The number of rotatable bonds is 4. The zero-order valence-corrected chi connectivity index (χ0v) is 13.5. The van der Waals surface area contributed by atoms with Gasteiger partial charge in [-0.3, -0.25) is 9.89 Å². The number of carbonyl (C=O) groups excluding carboxylic acids is 2. The zero-order valence-electron chi connectivity index (χ0n) is 13.5. The van der Waals surface area contributed by atoms with E-state index in [1.165, 1.54) is 6.26 Å². The molecule has 8 heteroatoms. The van der Waals surface area contributed by atoms with Crippen LogP contribution in [0.2, 0.25) is 0 Å². The summed E-state index contributed by atoms with van der Waals surface area (Å²) in [6, 6.07) is 3.23. The smallest absolute Gasteiger partial charge is 0.315 e. The predicted octanol–water partition coefficient (Wildman–Crippen LogP) is 1.42. The fraction of sp³-hybridized carbons (Fsp3) is 0.438. The van der Waals surface area contributed by atoms with Gasteiger partial charge in [0.1, 0.15) is 0 Å². The summed E-state index contributed by atoms with van der Waals surface area (Å²) in [5, 5.41) is 12.5. The third-order valence-corrected chi connectivity index (χ3v) is 4.22. The first-order chi connectivity index (χ1) is 11.6. The van der Waals surface area contributed by atoms with Crippen molar-refractivity contribution in [3.05, 3.63) is 41.6 Å². The van der Waals surface area contributed by atoms with Crippen LogP contribution < -0.4 is 10.6 Å². The van der Waals surface area contributed by atoms with Crippen LogP contribution in [-0.2, 0) is 6.54 Å². The van der Waals surface area contributed by atoms with Gasteiger partial charge in [0.2, 0.25) is 0 Å². The van der Waals surface area contributed by atoms with Gasteiger partial charge < -0.3 is 20.0 Å². The quantitative estimate of drug-likeness (QED) is 0.788. The Morgan fingerprint density at radius 3 is 2.83 bits per heavy atom. The van der Waals surface area contributed by atoms with E-state index in [2.05, 4.69) is 20.8 Å². The fourth-order valence-corrected chi connectivity index (χ4v) is 2.75. The number of amides is 3. The van der Waals surface area contributed by atoms with E-state index in [0.29, 0.717) is 25.4 Å². The van der Waals surface area contributed by atoms with Crippen molar-refractivity contribution in [1.82, 2.24) is 25.7 Å². The number of nitrogens with one attached hydrogen (secondary N) is 3. The van der Waals surface area contributed by atoms with Crippen molar-refractivity contribution in [1.29, 1.82) is 0 Å². The second-order valence-corrected chi connectivity index (χ2v) is 5.89. The lowest BCUT2D eigenvalue weighted by molar-refractivity contribution is 0.0676. The molecule has 0 atom stereocenters. The number of piperidine rings is 1. The van der Waals surface area contributed by atoms with Crippen molar-refractivity contribution in [3.63, 3.8) is 0 Å². The zero-order chi connectivity index (χ0) is 16.9. The van der Waals surface area contributed by atoms with Crippen LogP contribution in [0.5, 0.6) is 0 Å². The number of urea groups is 1. The molecule has 24 heavy (non-hydrogen) atoms. The van der Waals surface area contributed by atoms with Gasteiger partial charge in [0.15, 0.2) is 5.76 Å². The first kappa shape index (κ1) is 16.1. The van der Waals surface area contributed by atoms with E-state index < -0.39 is 0 Å². The molecule has 0 unspecified atom stereocenters. The van der Waals surface area contributed by atoms with Crippen molar-refractivity contribution >= 4 is 11.9 Å². The van der Waals surface area contributed by atoms with Gasteiger partial charge in [0.05, 0.1) is 12.5 Å². The summed E-state index contributed by atoms with van der Waals surface area (Å²) in [6.07, 6.45) is 4.65. The number of aromatic nitrogens is 2. The number of hydrogen-bond donors (Lipinski definition) is 3. The van der Waals surface area contributed by atoms with Gasteiger partial charge in [-0.15, -0.1) is 0 Å². The van der Waals surface area contributed by atoms with Crippen LogP contribution in [0, 0.1) is 6.92 Å². The molecule has 2 aromatic heterocycles. The predicted molar refractivity (Wildman–Crippen MR) is 86.3 cm³/mol. The molecule has 0 saturated carbocycles. The maximum Gasteiger partial charge on any atom is 0.315 e. The molecule has 0 aliphatic carbocycles. The van der Waals surface area contributed by atoms with Gasteiger partial charge in [0.25, 0.3) is 5.91 Å². The molecular weight excluding hydrogens is 310 g/mol. The highest BCUT2D eigenvalue weighted by atomic mass is 16.3. The molecule has 0 aromatic carbocycles. The Morgan fingerprint density at radius 1 is 1.42 bits per heavy atom. The second kappa shape index (κ2) is 7.20. The molecule has 3 rings (SSSR count). The van der Waals surface area contributed by atoms with Crippen LogP contribution in [0.25, 0.3) is 0 Å². The number of nitrogens with zero attached hydrogens (tertiary/aromatic N) is 2. The van der Waals surface area contributed by atoms with Gasteiger partial charge in [-0.25, -0.2) is 4.79 Å². The summed E-state index contributed by atoms with van der Waals surface area (Å²) in [6.45, 7) is 3.55. The molecule has 1 aliphatic heterocycles. The van der Waals surface area contributed by atoms with E-state index in [1.54, 1.807) is 23.2 Å². The van der Waals surface area contributed by atoms with E-state index >= 15 is 0 Å². The minimum Gasteiger partial charge on any atom is -0.459 e. The minimum absolute atomic E-state index is 0.0658. The molecular formula is C16H21N5O3. The van der Waals surface area contributed by atoms with Crippen LogP contribution in [0.15, 0.2) is 29.0 Å². The number of carbonyl (C=O) groups is 2. The number of likely N-dealkylation sites (tertiary alicyclic amines) is 1. The van der Waals surface area contributed by atoms with Crippen molar-refractivity contribution < 1.29 is 14.0 Å². The van der Waals surface area contributed by atoms with E-state index in [1.807, 2.05) is 6.92 Å². The molecule has 8 nitrogen and oxygen atoms in total. The summed E-state index contributed by atoms with van der Waals surface area (Å²) in [4.78, 5) is 25.9. The normalized spacial score (nSPS) is 15.3. The molecule has 3 N–H and O–H groups in total. The van der Waals surface area contributed by atoms with Crippen LogP contribution >= 0.6 is 0 Å². The minimum atomic E-state index is -0.202. The Balaban J connectivity index is 1.41.